The number of benzene rings is 4. The topological polar surface area (TPSA) is 56.9 Å². The van der Waals surface area contributed by atoms with Crippen molar-refractivity contribution in [2.45, 2.75) is 18.4 Å². The molecule has 0 aliphatic rings. The summed E-state index contributed by atoms with van der Waals surface area (Å²) in [6.07, 6.45) is 3.60. The van der Waals surface area contributed by atoms with Crippen LogP contribution in [0.5, 0.6) is 0 Å². The zero-order valence-electron chi connectivity index (χ0n) is 20.4. The van der Waals surface area contributed by atoms with E-state index in [0.29, 0.717) is 17.6 Å². The Labute approximate surface area is 216 Å². The number of fused-ring (bicyclic) bond motifs is 3. The van der Waals surface area contributed by atoms with Crippen molar-refractivity contribution in [2.24, 2.45) is 0 Å². The third-order valence-electron chi connectivity index (χ3n) is 6.75. The summed E-state index contributed by atoms with van der Waals surface area (Å²) in [4.78, 5) is 4.62. The molecule has 0 fully saturated rings. The fourth-order valence-corrected chi connectivity index (χ4v) is 6.34. The normalized spacial score (nSPS) is 11.8. The van der Waals surface area contributed by atoms with Crippen LogP contribution in [0.15, 0.2) is 121 Å². The standard InChI is InChI=1S/C31H25N3O2S/c1-22-12-15-26(16-13-22)37(35,36)34-29-11-7-6-10-27(29)28-17-14-25(18-30(28)34)23(2)31-19-32-21-33(31)20-24-8-4-3-5-9-24/h3-19,21H,2,20H2,1H3. The average Bonchev–Trinajstić information content (AvgIpc) is 3.51. The fourth-order valence-electron chi connectivity index (χ4n) is 4.82. The zero-order chi connectivity index (χ0) is 25.6. The Morgan fingerprint density at radius 2 is 1.54 bits per heavy atom. The zero-order valence-corrected chi connectivity index (χ0v) is 21.2. The second kappa shape index (κ2) is 8.91. The van der Waals surface area contributed by atoms with Gasteiger partial charge in [0.25, 0.3) is 10.0 Å². The maximum Gasteiger partial charge on any atom is 0.268 e. The van der Waals surface area contributed by atoms with Crippen molar-refractivity contribution in [2.75, 3.05) is 0 Å². The van der Waals surface area contributed by atoms with Crippen LogP contribution < -0.4 is 0 Å². The molecule has 0 saturated heterocycles. The van der Waals surface area contributed by atoms with E-state index in [-0.39, 0.29) is 4.90 Å². The molecule has 6 aromatic rings. The molecule has 0 N–H and O–H groups in total. The summed E-state index contributed by atoms with van der Waals surface area (Å²) < 4.78 is 31.4. The van der Waals surface area contributed by atoms with E-state index in [1.807, 2.05) is 79.7 Å². The second-order valence-electron chi connectivity index (χ2n) is 9.20. The molecule has 0 aliphatic carbocycles. The molecule has 0 saturated carbocycles. The smallest absolute Gasteiger partial charge is 0.268 e. The molecule has 0 radical (unpaired) electrons. The third kappa shape index (κ3) is 3.96. The quantitative estimate of drug-likeness (QED) is 0.256. The van der Waals surface area contributed by atoms with Gasteiger partial charge in [0.15, 0.2) is 0 Å². The number of nitrogens with zero attached hydrogens (tertiary/aromatic N) is 3. The number of aryl methyl sites for hydroxylation is 1. The van der Waals surface area contributed by atoms with E-state index in [2.05, 4.69) is 28.3 Å². The Morgan fingerprint density at radius 3 is 2.32 bits per heavy atom. The molecular weight excluding hydrogens is 478 g/mol. The Hall–Kier alpha value is -4.42. The van der Waals surface area contributed by atoms with E-state index in [1.54, 1.807) is 24.7 Å². The van der Waals surface area contributed by atoms with Crippen molar-refractivity contribution >= 4 is 37.4 Å². The Bertz CT molecular complexity index is 1880. The molecule has 37 heavy (non-hydrogen) atoms. The lowest BCUT2D eigenvalue weighted by atomic mass is 10.0. The summed E-state index contributed by atoms with van der Waals surface area (Å²) in [5, 5.41) is 1.76. The number of imidazole rings is 1. The van der Waals surface area contributed by atoms with Crippen LogP contribution in [0.1, 0.15) is 22.4 Å². The predicted molar refractivity (Wildman–Crippen MR) is 149 cm³/mol. The van der Waals surface area contributed by atoms with Crippen molar-refractivity contribution in [3.05, 3.63) is 139 Å². The number of hydrogen-bond donors (Lipinski definition) is 0. The first-order chi connectivity index (χ1) is 17.9. The molecule has 0 aliphatic heterocycles. The molecule has 5 nitrogen and oxygen atoms in total. The van der Waals surface area contributed by atoms with Crippen molar-refractivity contribution in [1.82, 2.24) is 13.5 Å². The van der Waals surface area contributed by atoms with Crippen LogP contribution >= 0.6 is 0 Å². The molecule has 0 spiro atoms. The van der Waals surface area contributed by atoms with Crippen molar-refractivity contribution < 1.29 is 8.42 Å². The number of hydrogen-bond acceptors (Lipinski definition) is 3. The summed E-state index contributed by atoms with van der Waals surface area (Å²) >= 11 is 0. The summed E-state index contributed by atoms with van der Waals surface area (Å²) in [5.41, 5.74) is 5.93. The van der Waals surface area contributed by atoms with Crippen LogP contribution in [0.2, 0.25) is 0 Å². The summed E-state index contributed by atoms with van der Waals surface area (Å²) in [5.74, 6) is 0. The summed E-state index contributed by atoms with van der Waals surface area (Å²) in [6, 6.07) is 30.7. The lowest BCUT2D eigenvalue weighted by Crippen LogP contribution is -2.12. The van der Waals surface area contributed by atoms with Gasteiger partial charge in [-0.2, -0.15) is 0 Å². The van der Waals surface area contributed by atoms with Gasteiger partial charge in [0.2, 0.25) is 0 Å². The van der Waals surface area contributed by atoms with Gasteiger partial charge < -0.3 is 4.57 Å². The molecule has 6 rings (SSSR count). The highest BCUT2D eigenvalue weighted by molar-refractivity contribution is 7.90. The summed E-state index contributed by atoms with van der Waals surface area (Å²) in [7, 11) is -3.84. The van der Waals surface area contributed by atoms with E-state index in [1.165, 1.54) is 3.97 Å². The molecular formula is C31H25N3O2S. The van der Waals surface area contributed by atoms with Crippen LogP contribution in [-0.2, 0) is 16.6 Å². The molecule has 0 amide bonds. The fraction of sp³-hybridized carbons (Fsp3) is 0.0645. The highest BCUT2D eigenvalue weighted by Gasteiger charge is 2.24. The molecule has 4 aromatic carbocycles. The van der Waals surface area contributed by atoms with Gasteiger partial charge in [0, 0.05) is 17.3 Å². The largest absolute Gasteiger partial charge is 0.326 e. The van der Waals surface area contributed by atoms with Crippen LogP contribution in [0.4, 0.5) is 0 Å². The van der Waals surface area contributed by atoms with Gasteiger partial charge in [-0.15, -0.1) is 0 Å². The van der Waals surface area contributed by atoms with Crippen molar-refractivity contribution in [3.8, 4) is 0 Å². The molecule has 0 unspecified atom stereocenters. The van der Waals surface area contributed by atoms with Gasteiger partial charge in [0.1, 0.15) is 0 Å². The Kier molecular flexibility index (Phi) is 5.54. The molecule has 2 heterocycles. The number of rotatable bonds is 6. The summed E-state index contributed by atoms with van der Waals surface area (Å²) in [6.45, 7) is 6.98. The van der Waals surface area contributed by atoms with Crippen LogP contribution in [-0.4, -0.2) is 21.9 Å². The number of para-hydroxylation sites is 1. The number of aromatic nitrogens is 3. The maximum atomic E-state index is 13.9. The lowest BCUT2D eigenvalue weighted by Gasteiger charge is -2.13. The first kappa shape index (κ1) is 23.0. The van der Waals surface area contributed by atoms with Gasteiger partial charge in [0.05, 0.1) is 34.1 Å². The second-order valence-corrected chi connectivity index (χ2v) is 11.0. The van der Waals surface area contributed by atoms with Gasteiger partial charge >= 0.3 is 0 Å². The Balaban J connectivity index is 1.50. The predicted octanol–water partition coefficient (Wildman–Crippen LogP) is 6.65. The van der Waals surface area contributed by atoms with Crippen molar-refractivity contribution in [1.29, 1.82) is 0 Å². The SMILES string of the molecule is C=C(c1ccc2c3ccccc3n(S(=O)(=O)c3ccc(C)cc3)c2c1)c1cncn1Cc1ccccc1. The molecule has 6 heteroatoms. The van der Waals surface area contributed by atoms with Crippen LogP contribution in [0.3, 0.4) is 0 Å². The lowest BCUT2D eigenvalue weighted by molar-refractivity contribution is 0.590. The van der Waals surface area contributed by atoms with E-state index in [0.717, 1.165) is 38.7 Å². The first-order valence-electron chi connectivity index (χ1n) is 12.0. The third-order valence-corrected chi connectivity index (χ3v) is 8.50. The van der Waals surface area contributed by atoms with Crippen LogP contribution in [0, 0.1) is 6.92 Å². The van der Waals surface area contributed by atoms with E-state index >= 15 is 0 Å². The van der Waals surface area contributed by atoms with E-state index in [9.17, 15) is 8.42 Å². The minimum Gasteiger partial charge on any atom is -0.326 e. The highest BCUT2D eigenvalue weighted by atomic mass is 32.2. The molecule has 0 atom stereocenters. The van der Waals surface area contributed by atoms with Gasteiger partial charge in [-0.1, -0.05) is 84.9 Å². The van der Waals surface area contributed by atoms with Crippen molar-refractivity contribution in [3.63, 3.8) is 0 Å². The monoisotopic (exact) mass is 503 g/mol. The van der Waals surface area contributed by atoms with E-state index < -0.39 is 10.0 Å². The molecule has 2 aromatic heterocycles. The Morgan fingerprint density at radius 1 is 0.838 bits per heavy atom. The molecule has 0 bridgehead atoms. The minimum atomic E-state index is -3.84. The first-order valence-corrected chi connectivity index (χ1v) is 13.5. The van der Waals surface area contributed by atoms with Gasteiger partial charge in [-0.25, -0.2) is 17.4 Å². The highest BCUT2D eigenvalue weighted by Crippen LogP contribution is 2.35. The van der Waals surface area contributed by atoms with E-state index in [4.69, 9.17) is 0 Å². The minimum absolute atomic E-state index is 0.255. The molecule has 182 valence electrons. The van der Waals surface area contributed by atoms with Gasteiger partial charge in [-0.3, -0.25) is 0 Å². The van der Waals surface area contributed by atoms with Gasteiger partial charge in [-0.05, 0) is 47.9 Å². The van der Waals surface area contributed by atoms with Crippen LogP contribution in [0.25, 0.3) is 27.4 Å². The average molecular weight is 504 g/mol. The maximum absolute atomic E-state index is 13.9.